The normalized spacial score (nSPS) is 12.9. The van der Waals surface area contributed by atoms with E-state index in [0.717, 1.165) is 35.1 Å². The van der Waals surface area contributed by atoms with E-state index in [0.29, 0.717) is 11.5 Å². The second kappa shape index (κ2) is 39.8. The SMILES string of the molecule is CCCCCCCCCCCCCCCCCCC(CCCCCCCCCCCCCCCCCC)(Cc1cc(C(C)(C)C)c(O)c(C(C)(C)C)c1Cc1cc(C(C)(C)C)c(O)c(C(C)(C)C)c1)SCCCCCCCC. The first-order chi connectivity index (χ1) is 37.0. The van der Waals surface area contributed by atoms with Crippen LogP contribution in [0, 0.1) is 0 Å². The molecule has 0 aliphatic heterocycles. The summed E-state index contributed by atoms with van der Waals surface area (Å²) < 4.78 is 0.146. The summed E-state index contributed by atoms with van der Waals surface area (Å²) in [6.07, 6.45) is 57.4. The summed E-state index contributed by atoms with van der Waals surface area (Å²) in [5, 5.41) is 24.6. The van der Waals surface area contributed by atoms with E-state index in [1.807, 2.05) is 0 Å². The first-order valence-corrected chi connectivity index (χ1v) is 35.4. The summed E-state index contributed by atoms with van der Waals surface area (Å²) >= 11 is 2.37. The van der Waals surface area contributed by atoms with E-state index < -0.39 is 0 Å². The van der Waals surface area contributed by atoms with E-state index in [1.54, 1.807) is 0 Å². The Balaban J connectivity index is 2.52. The van der Waals surface area contributed by atoms with Gasteiger partial charge in [0.05, 0.1) is 0 Å². The van der Waals surface area contributed by atoms with Gasteiger partial charge in [0, 0.05) is 10.3 Å². The van der Waals surface area contributed by atoms with Crippen LogP contribution in [0.1, 0.15) is 400 Å². The van der Waals surface area contributed by atoms with Crippen LogP contribution in [-0.4, -0.2) is 20.7 Å². The zero-order valence-electron chi connectivity index (χ0n) is 55.4. The van der Waals surface area contributed by atoms with Gasteiger partial charge in [-0.05, 0) is 92.9 Å². The van der Waals surface area contributed by atoms with Gasteiger partial charge in [-0.25, -0.2) is 0 Å². The minimum Gasteiger partial charge on any atom is -0.507 e. The molecule has 0 saturated heterocycles. The number of rotatable bonds is 46. The molecule has 0 radical (unpaired) electrons. The van der Waals surface area contributed by atoms with Crippen LogP contribution < -0.4 is 0 Å². The van der Waals surface area contributed by atoms with Gasteiger partial charge in [0.15, 0.2) is 0 Å². The van der Waals surface area contributed by atoms with E-state index in [1.165, 1.54) is 279 Å². The molecule has 2 nitrogen and oxygen atoms in total. The molecule has 0 heterocycles. The van der Waals surface area contributed by atoms with Crippen LogP contribution in [0.2, 0.25) is 0 Å². The molecule has 78 heavy (non-hydrogen) atoms. The highest BCUT2D eigenvalue weighted by Crippen LogP contribution is 2.48. The quantitative estimate of drug-likeness (QED) is 0.0649. The minimum atomic E-state index is -0.262. The Morgan fingerprint density at radius 2 is 0.615 bits per heavy atom. The molecule has 0 saturated carbocycles. The van der Waals surface area contributed by atoms with Crippen LogP contribution in [0.5, 0.6) is 11.5 Å². The fraction of sp³-hybridized carbons (Fsp3) is 0.840. The van der Waals surface area contributed by atoms with Gasteiger partial charge in [-0.1, -0.05) is 360 Å². The number of phenols is 2. The smallest absolute Gasteiger partial charge is 0.123 e. The van der Waals surface area contributed by atoms with Crippen LogP contribution in [0.4, 0.5) is 0 Å². The third-order valence-electron chi connectivity index (χ3n) is 17.6. The number of hydrogen-bond acceptors (Lipinski definition) is 3. The number of phenolic OH excluding ortho intramolecular Hbond substituents is 2. The highest BCUT2D eigenvalue weighted by Gasteiger charge is 2.36. The van der Waals surface area contributed by atoms with E-state index >= 15 is 0 Å². The van der Waals surface area contributed by atoms with E-state index in [-0.39, 0.29) is 26.4 Å². The Morgan fingerprint density at radius 1 is 0.333 bits per heavy atom. The molecule has 0 amide bonds. The molecule has 454 valence electrons. The van der Waals surface area contributed by atoms with Crippen LogP contribution >= 0.6 is 11.8 Å². The summed E-state index contributed by atoms with van der Waals surface area (Å²) in [6, 6.07) is 7.11. The number of unbranched alkanes of at least 4 members (excludes halogenated alkanes) is 35. The standard InChI is InChI=1S/C75H136O2S/c1-16-19-22-25-28-30-32-34-36-38-40-42-44-46-48-51-54-75(78-56-53-50-27-24-21-18-3,55-52-49-47-45-43-41-39-37-35-33-31-29-26-23-20-17-2)61-63-60-67(73(10,11)12)70(77)68(74(13,14)15)64(63)57-62-58-65(71(4,5)6)69(76)66(59-62)72(7,8)9/h58-60,76-77H,16-57,61H2,1-15H3. The molecule has 0 atom stereocenters. The monoisotopic (exact) mass is 1100 g/mol. The van der Waals surface area contributed by atoms with Crippen molar-refractivity contribution < 1.29 is 10.2 Å². The summed E-state index contributed by atoms with van der Waals surface area (Å²) in [5.41, 5.74) is 7.44. The minimum absolute atomic E-state index is 0.146. The molecule has 2 aromatic carbocycles. The Morgan fingerprint density at radius 3 is 0.910 bits per heavy atom. The Bertz CT molecular complexity index is 1740. The number of aromatic hydroxyl groups is 2. The Labute approximate surface area is 493 Å². The lowest BCUT2D eigenvalue weighted by molar-refractivity contribution is 0.415. The number of thioether (sulfide) groups is 1. The van der Waals surface area contributed by atoms with Gasteiger partial charge in [0.1, 0.15) is 11.5 Å². The second-order valence-electron chi connectivity index (χ2n) is 29.6. The highest BCUT2D eigenvalue weighted by molar-refractivity contribution is 8.00. The number of benzene rings is 2. The van der Waals surface area contributed by atoms with E-state index in [9.17, 15) is 10.2 Å². The predicted molar refractivity (Wildman–Crippen MR) is 354 cm³/mol. The summed E-state index contributed by atoms with van der Waals surface area (Å²) in [5.74, 6) is 2.20. The van der Waals surface area contributed by atoms with Gasteiger partial charge in [-0.3, -0.25) is 0 Å². The van der Waals surface area contributed by atoms with Crippen molar-refractivity contribution in [2.75, 3.05) is 5.75 Å². The molecule has 0 spiro atoms. The topological polar surface area (TPSA) is 40.5 Å². The van der Waals surface area contributed by atoms with Crippen LogP contribution in [-0.2, 0) is 34.5 Å². The van der Waals surface area contributed by atoms with Gasteiger partial charge in [-0.15, -0.1) is 0 Å². The lowest BCUT2D eigenvalue weighted by Crippen LogP contribution is -2.31. The fourth-order valence-corrected chi connectivity index (χ4v) is 14.3. The highest BCUT2D eigenvalue weighted by atomic mass is 32.2. The maximum absolute atomic E-state index is 12.7. The predicted octanol–water partition coefficient (Wildman–Crippen LogP) is 25.6. The van der Waals surface area contributed by atoms with Crippen molar-refractivity contribution in [3.8, 4) is 11.5 Å². The zero-order chi connectivity index (χ0) is 57.9. The number of hydrogen-bond donors (Lipinski definition) is 2. The molecule has 0 fully saturated rings. The van der Waals surface area contributed by atoms with E-state index in [4.69, 9.17) is 0 Å². The zero-order valence-corrected chi connectivity index (χ0v) is 56.3. The lowest BCUT2D eigenvalue weighted by Gasteiger charge is -2.38. The third kappa shape index (κ3) is 30.1. The maximum atomic E-state index is 12.7. The van der Waals surface area contributed by atoms with Gasteiger partial charge in [0.2, 0.25) is 0 Å². The average molecular weight is 1100 g/mol. The molecule has 2 N–H and O–H groups in total. The van der Waals surface area contributed by atoms with Crippen LogP contribution in [0.25, 0.3) is 0 Å². The van der Waals surface area contributed by atoms with Crippen molar-refractivity contribution >= 4 is 11.8 Å². The maximum Gasteiger partial charge on any atom is 0.123 e. The van der Waals surface area contributed by atoms with Crippen LogP contribution in [0.15, 0.2) is 18.2 Å². The van der Waals surface area contributed by atoms with Gasteiger partial charge in [-0.2, -0.15) is 11.8 Å². The first-order valence-electron chi connectivity index (χ1n) is 34.4. The molecule has 0 bridgehead atoms. The first kappa shape index (κ1) is 72.5. The molecule has 0 aliphatic rings. The molecule has 0 aromatic heterocycles. The van der Waals surface area contributed by atoms with Crippen LogP contribution in [0.3, 0.4) is 0 Å². The van der Waals surface area contributed by atoms with Crippen molar-refractivity contribution in [3.05, 3.63) is 57.1 Å². The second-order valence-corrected chi connectivity index (χ2v) is 31.1. The van der Waals surface area contributed by atoms with Crippen molar-refractivity contribution in [2.45, 2.75) is 400 Å². The van der Waals surface area contributed by atoms with Crippen molar-refractivity contribution in [1.29, 1.82) is 0 Å². The summed E-state index contributed by atoms with van der Waals surface area (Å²) in [6.45, 7) is 34.3. The summed E-state index contributed by atoms with van der Waals surface area (Å²) in [7, 11) is 0. The van der Waals surface area contributed by atoms with Gasteiger partial charge < -0.3 is 10.2 Å². The molecule has 3 heteroatoms. The van der Waals surface area contributed by atoms with Gasteiger partial charge in [0.25, 0.3) is 0 Å². The molecule has 0 aliphatic carbocycles. The fourth-order valence-electron chi connectivity index (χ4n) is 12.7. The van der Waals surface area contributed by atoms with Crippen molar-refractivity contribution in [3.63, 3.8) is 0 Å². The molecule has 2 rings (SSSR count). The molecule has 0 unspecified atom stereocenters. The molecular weight excluding hydrogens is 965 g/mol. The lowest BCUT2D eigenvalue weighted by atomic mass is 9.72. The third-order valence-corrected chi connectivity index (χ3v) is 19.3. The molecule has 2 aromatic rings. The Kier molecular flexibility index (Phi) is 37.0. The van der Waals surface area contributed by atoms with Crippen molar-refractivity contribution in [2.24, 2.45) is 0 Å². The average Bonchev–Trinajstić information content (AvgIpc) is 3.40. The van der Waals surface area contributed by atoms with Gasteiger partial charge >= 0.3 is 0 Å². The molecular formula is C75H136O2S. The Hall–Kier alpha value is -1.61. The largest absolute Gasteiger partial charge is 0.507 e. The summed E-state index contributed by atoms with van der Waals surface area (Å²) in [4.78, 5) is 0. The van der Waals surface area contributed by atoms with E-state index in [2.05, 4.69) is 134 Å². The van der Waals surface area contributed by atoms with Crippen molar-refractivity contribution in [1.82, 2.24) is 0 Å².